The Bertz CT molecular complexity index is 910. The van der Waals surface area contributed by atoms with Crippen LogP contribution in [0.5, 0.6) is 0 Å². The van der Waals surface area contributed by atoms with E-state index in [0.29, 0.717) is 17.6 Å². The highest BCUT2D eigenvalue weighted by Crippen LogP contribution is 2.53. The van der Waals surface area contributed by atoms with Crippen molar-refractivity contribution in [2.45, 2.75) is 39.2 Å². The van der Waals surface area contributed by atoms with E-state index in [1.54, 1.807) is 6.08 Å². The third-order valence-corrected chi connectivity index (χ3v) is 6.68. The smallest absolute Gasteiger partial charge is 0.311 e. The summed E-state index contributed by atoms with van der Waals surface area (Å²) >= 11 is 0. The van der Waals surface area contributed by atoms with Crippen LogP contribution >= 0.6 is 0 Å². The van der Waals surface area contributed by atoms with E-state index in [1.165, 1.54) is 0 Å². The molecule has 1 aromatic rings. The number of hydrogen-bond donors (Lipinski definition) is 1. The average Bonchev–Trinajstić information content (AvgIpc) is 3.05. The van der Waals surface area contributed by atoms with Gasteiger partial charge < -0.3 is 9.84 Å². The van der Waals surface area contributed by atoms with Crippen LogP contribution in [0.4, 0.5) is 0 Å². The summed E-state index contributed by atoms with van der Waals surface area (Å²) in [4.78, 5) is 37.5. The minimum absolute atomic E-state index is 0.0402. The fourth-order valence-corrected chi connectivity index (χ4v) is 5.49. The third kappa shape index (κ3) is 2.72. The number of allylic oxidation sites excluding steroid dienone is 2. The monoisotopic (exact) mass is 380 g/mol. The molecule has 0 saturated carbocycles. The Hall–Kier alpha value is -2.69. The molecule has 1 heterocycles. The lowest BCUT2D eigenvalue weighted by Crippen LogP contribution is -2.37. The van der Waals surface area contributed by atoms with Crippen LogP contribution in [0.15, 0.2) is 53.1 Å². The van der Waals surface area contributed by atoms with E-state index in [9.17, 15) is 19.5 Å². The van der Waals surface area contributed by atoms with Gasteiger partial charge in [0.05, 0.1) is 11.8 Å². The van der Waals surface area contributed by atoms with Crippen LogP contribution in [0.1, 0.15) is 38.7 Å². The number of benzene rings is 1. The molecule has 0 bridgehead atoms. The van der Waals surface area contributed by atoms with Crippen molar-refractivity contribution in [2.24, 2.45) is 23.7 Å². The molecule has 4 rings (SSSR count). The predicted molar refractivity (Wildman–Crippen MR) is 102 cm³/mol. The number of hydrogen-bond acceptors (Lipinski definition) is 4. The minimum atomic E-state index is -0.912. The van der Waals surface area contributed by atoms with E-state index >= 15 is 0 Å². The Morgan fingerprint density at radius 1 is 1.18 bits per heavy atom. The first-order valence-electron chi connectivity index (χ1n) is 9.71. The number of carboxylic acids is 1. The second kappa shape index (κ2) is 6.73. The van der Waals surface area contributed by atoms with Gasteiger partial charge in [-0.05, 0) is 37.8 Å². The average molecular weight is 380 g/mol. The van der Waals surface area contributed by atoms with Gasteiger partial charge in [-0.3, -0.25) is 14.4 Å². The minimum Gasteiger partial charge on any atom is -0.481 e. The van der Waals surface area contributed by atoms with Crippen molar-refractivity contribution < 1.29 is 24.2 Å². The fourth-order valence-electron chi connectivity index (χ4n) is 5.49. The molecule has 5 heteroatoms. The number of carbonyl (C=O) groups is 3. The van der Waals surface area contributed by atoms with Crippen molar-refractivity contribution in [3.8, 4) is 0 Å². The Balaban J connectivity index is 1.87. The number of carboxylic acid groups (broad SMARTS) is 1. The topological polar surface area (TPSA) is 80.7 Å². The van der Waals surface area contributed by atoms with Crippen molar-refractivity contribution in [3.63, 3.8) is 0 Å². The molecule has 6 atom stereocenters. The van der Waals surface area contributed by atoms with Crippen molar-refractivity contribution >= 4 is 17.7 Å². The molecule has 1 N–H and O–H groups in total. The number of esters is 1. The van der Waals surface area contributed by atoms with Crippen LogP contribution in [0.25, 0.3) is 0 Å². The second-order valence-electron chi connectivity index (χ2n) is 8.29. The molecule has 0 amide bonds. The van der Waals surface area contributed by atoms with Gasteiger partial charge in [0.2, 0.25) is 0 Å². The number of rotatable bonds is 3. The van der Waals surface area contributed by atoms with Crippen molar-refractivity contribution in [3.05, 3.63) is 58.7 Å². The molecule has 0 spiro atoms. The van der Waals surface area contributed by atoms with Gasteiger partial charge in [-0.2, -0.15) is 0 Å². The fraction of sp³-hybridized carbons (Fsp3) is 0.435. The maximum atomic E-state index is 12.6. The number of aliphatic carboxylic acids is 1. The molecule has 1 aromatic carbocycles. The Morgan fingerprint density at radius 2 is 1.86 bits per heavy atom. The van der Waals surface area contributed by atoms with E-state index in [1.807, 2.05) is 51.1 Å². The SMILES string of the molecule is CC1=CC(=O)C2=C(C)CC(C(C(=O)O)c3ccccc3)C3C(C)C(=O)OC3C12. The number of carbonyl (C=O) groups excluding carboxylic acids is 2. The van der Waals surface area contributed by atoms with Gasteiger partial charge in [-0.25, -0.2) is 0 Å². The summed E-state index contributed by atoms with van der Waals surface area (Å²) < 4.78 is 5.78. The van der Waals surface area contributed by atoms with Crippen LogP contribution in [0.2, 0.25) is 0 Å². The Kier molecular flexibility index (Phi) is 4.48. The molecule has 1 fully saturated rings. The molecule has 2 aliphatic carbocycles. The van der Waals surface area contributed by atoms with Crippen LogP contribution in [-0.2, 0) is 19.1 Å². The van der Waals surface area contributed by atoms with Gasteiger partial charge >= 0.3 is 11.9 Å². The molecule has 0 aromatic heterocycles. The van der Waals surface area contributed by atoms with E-state index in [0.717, 1.165) is 11.1 Å². The first-order valence-corrected chi connectivity index (χ1v) is 9.71. The molecule has 6 unspecified atom stereocenters. The summed E-state index contributed by atoms with van der Waals surface area (Å²) in [7, 11) is 0. The Morgan fingerprint density at radius 3 is 2.50 bits per heavy atom. The Labute approximate surface area is 164 Å². The molecule has 1 aliphatic heterocycles. The molecular formula is C23H24O5. The number of ketones is 1. The van der Waals surface area contributed by atoms with Crippen LogP contribution < -0.4 is 0 Å². The van der Waals surface area contributed by atoms with E-state index in [-0.39, 0.29) is 29.5 Å². The molecule has 1 saturated heterocycles. The van der Waals surface area contributed by atoms with Crippen LogP contribution in [0.3, 0.4) is 0 Å². The molecule has 0 radical (unpaired) electrons. The van der Waals surface area contributed by atoms with Gasteiger partial charge in [0, 0.05) is 17.4 Å². The lowest BCUT2D eigenvalue weighted by Gasteiger charge is -2.33. The summed E-state index contributed by atoms with van der Waals surface area (Å²) in [5, 5.41) is 10.1. The number of ether oxygens (including phenoxy) is 1. The summed E-state index contributed by atoms with van der Waals surface area (Å²) in [6.45, 7) is 5.63. The highest BCUT2D eigenvalue weighted by molar-refractivity contribution is 6.09. The van der Waals surface area contributed by atoms with Crippen molar-refractivity contribution in [1.82, 2.24) is 0 Å². The quantitative estimate of drug-likeness (QED) is 0.812. The third-order valence-electron chi connectivity index (χ3n) is 6.68. The van der Waals surface area contributed by atoms with Gasteiger partial charge in [0.15, 0.2) is 5.78 Å². The molecule has 5 nitrogen and oxygen atoms in total. The largest absolute Gasteiger partial charge is 0.481 e. The second-order valence-corrected chi connectivity index (χ2v) is 8.29. The molecule has 146 valence electrons. The van der Waals surface area contributed by atoms with E-state index in [2.05, 4.69) is 0 Å². The van der Waals surface area contributed by atoms with Crippen molar-refractivity contribution in [2.75, 3.05) is 0 Å². The van der Waals surface area contributed by atoms with Gasteiger partial charge in [0.25, 0.3) is 0 Å². The lowest BCUT2D eigenvalue weighted by atomic mass is 9.69. The number of fused-ring (bicyclic) bond motifs is 3. The maximum Gasteiger partial charge on any atom is 0.311 e. The van der Waals surface area contributed by atoms with Crippen LogP contribution in [-0.4, -0.2) is 28.9 Å². The summed E-state index contributed by atoms with van der Waals surface area (Å²) in [5.41, 5.74) is 3.21. The highest BCUT2D eigenvalue weighted by Gasteiger charge is 2.56. The molecular weight excluding hydrogens is 356 g/mol. The predicted octanol–water partition coefficient (Wildman–Crippen LogP) is 3.51. The highest BCUT2D eigenvalue weighted by atomic mass is 16.6. The molecule has 28 heavy (non-hydrogen) atoms. The summed E-state index contributed by atoms with van der Waals surface area (Å²) in [6, 6.07) is 9.15. The normalized spacial score (nSPS) is 33.0. The zero-order chi connectivity index (χ0) is 20.2. The first kappa shape index (κ1) is 18.7. The maximum absolute atomic E-state index is 12.6. The van der Waals surface area contributed by atoms with Gasteiger partial charge in [0.1, 0.15) is 6.10 Å². The van der Waals surface area contributed by atoms with Crippen LogP contribution in [0, 0.1) is 23.7 Å². The summed E-state index contributed by atoms with van der Waals surface area (Å²) in [6.07, 6.45) is 1.60. The molecule has 3 aliphatic rings. The van der Waals surface area contributed by atoms with Crippen molar-refractivity contribution in [1.29, 1.82) is 0 Å². The van der Waals surface area contributed by atoms with Gasteiger partial charge in [-0.1, -0.05) is 48.4 Å². The lowest BCUT2D eigenvalue weighted by molar-refractivity contribution is -0.145. The van der Waals surface area contributed by atoms with E-state index < -0.39 is 23.9 Å². The first-order chi connectivity index (χ1) is 13.3. The zero-order valence-corrected chi connectivity index (χ0v) is 16.2. The summed E-state index contributed by atoms with van der Waals surface area (Å²) in [5.74, 6) is -3.28. The van der Waals surface area contributed by atoms with Gasteiger partial charge in [-0.15, -0.1) is 0 Å². The standard InChI is InChI=1S/C23H24O5/c1-11-9-15(20(22(25)26)14-7-5-4-6-8-14)19-13(3)23(27)28-21(19)18-12(2)10-16(24)17(11)18/h4-8,10,13,15,18-21H,9H2,1-3H3,(H,25,26). The van der Waals surface area contributed by atoms with E-state index in [4.69, 9.17) is 4.74 Å². The zero-order valence-electron chi connectivity index (χ0n) is 16.2.